The Morgan fingerprint density at radius 3 is 2.45 bits per heavy atom. The quantitative estimate of drug-likeness (QED) is 0.900. The highest BCUT2D eigenvalue weighted by Gasteiger charge is 2.31. The van der Waals surface area contributed by atoms with Crippen LogP contribution in [0.3, 0.4) is 0 Å². The van der Waals surface area contributed by atoms with E-state index in [9.17, 15) is 8.42 Å². The van der Waals surface area contributed by atoms with Gasteiger partial charge in [0, 0.05) is 25.2 Å². The summed E-state index contributed by atoms with van der Waals surface area (Å²) in [6, 6.07) is 6.04. The van der Waals surface area contributed by atoms with Crippen molar-refractivity contribution in [3.8, 4) is 0 Å². The van der Waals surface area contributed by atoms with Crippen LogP contribution in [0.5, 0.6) is 0 Å². The third kappa shape index (κ3) is 2.50. The summed E-state index contributed by atoms with van der Waals surface area (Å²) >= 11 is 0. The van der Waals surface area contributed by atoms with Crippen LogP contribution >= 0.6 is 0 Å². The van der Waals surface area contributed by atoms with E-state index in [1.54, 1.807) is 10.4 Å². The molecule has 0 spiro atoms. The van der Waals surface area contributed by atoms with Gasteiger partial charge in [0.25, 0.3) is 0 Å². The summed E-state index contributed by atoms with van der Waals surface area (Å²) < 4.78 is 27.2. The van der Waals surface area contributed by atoms with Crippen LogP contribution in [0.25, 0.3) is 0 Å². The third-order valence-corrected chi connectivity index (χ3v) is 6.06. The van der Waals surface area contributed by atoms with Gasteiger partial charge < -0.3 is 5.32 Å². The van der Waals surface area contributed by atoms with Gasteiger partial charge >= 0.3 is 0 Å². The molecule has 0 saturated carbocycles. The molecule has 110 valence electrons. The number of nitrogens with one attached hydrogen (secondary N) is 1. The molecular formula is C15H22N2O2S. The summed E-state index contributed by atoms with van der Waals surface area (Å²) in [5, 5.41) is 3.37. The molecule has 1 aliphatic heterocycles. The summed E-state index contributed by atoms with van der Waals surface area (Å²) in [5.41, 5.74) is 2.52. The molecule has 1 fully saturated rings. The lowest BCUT2D eigenvalue weighted by atomic mass is 10.1. The number of nitrogens with zero attached hydrogens (tertiary/aromatic N) is 1. The maximum atomic E-state index is 12.8. The summed E-state index contributed by atoms with van der Waals surface area (Å²) in [6.45, 7) is 5.15. The molecule has 3 rings (SSSR count). The predicted octanol–water partition coefficient (Wildman–Crippen LogP) is 1.55. The van der Waals surface area contributed by atoms with Crippen LogP contribution < -0.4 is 5.32 Å². The number of hydrogen-bond acceptors (Lipinski definition) is 3. The Balaban J connectivity index is 1.91. The molecule has 1 aromatic carbocycles. The van der Waals surface area contributed by atoms with Crippen LogP contribution in [0, 0.1) is 0 Å². The average Bonchev–Trinajstić information content (AvgIpc) is 2.84. The van der Waals surface area contributed by atoms with Crippen LogP contribution in [0.15, 0.2) is 23.1 Å². The standard InChI is InChI=1S/C15H22N2O2S/c1-11-9-17(10-12(2)16-11)20(18,19)15-7-6-13-4-3-5-14(13)8-15/h6-8,11-12,16H,3-5,9-10H2,1-2H3. The molecule has 20 heavy (non-hydrogen) atoms. The lowest BCUT2D eigenvalue weighted by molar-refractivity contribution is 0.263. The zero-order valence-corrected chi connectivity index (χ0v) is 12.9. The molecule has 1 aliphatic carbocycles. The Hall–Kier alpha value is -0.910. The van der Waals surface area contributed by atoms with Crippen molar-refractivity contribution in [1.29, 1.82) is 0 Å². The average molecular weight is 294 g/mol. The summed E-state index contributed by atoms with van der Waals surface area (Å²) in [7, 11) is -3.36. The first-order chi connectivity index (χ1) is 9.46. The molecule has 1 N–H and O–H groups in total. The molecule has 4 nitrogen and oxygen atoms in total. The van der Waals surface area contributed by atoms with Crippen molar-refractivity contribution in [2.24, 2.45) is 0 Å². The van der Waals surface area contributed by atoms with Crippen molar-refractivity contribution in [1.82, 2.24) is 9.62 Å². The number of rotatable bonds is 2. The Labute approximate surface area is 121 Å². The first-order valence-electron chi connectivity index (χ1n) is 7.35. The fourth-order valence-corrected chi connectivity index (χ4v) is 5.00. The van der Waals surface area contributed by atoms with Gasteiger partial charge in [-0.05, 0) is 56.4 Å². The van der Waals surface area contributed by atoms with E-state index in [2.05, 4.69) is 5.32 Å². The van der Waals surface area contributed by atoms with E-state index in [4.69, 9.17) is 0 Å². The SMILES string of the molecule is CC1CN(S(=O)(=O)c2ccc3c(c2)CCC3)CC(C)N1. The number of benzene rings is 1. The summed E-state index contributed by atoms with van der Waals surface area (Å²) in [4.78, 5) is 0.458. The van der Waals surface area contributed by atoms with Crippen molar-refractivity contribution in [3.05, 3.63) is 29.3 Å². The van der Waals surface area contributed by atoms with E-state index in [-0.39, 0.29) is 12.1 Å². The molecule has 0 aromatic heterocycles. The van der Waals surface area contributed by atoms with Gasteiger partial charge in [-0.1, -0.05) is 6.07 Å². The molecule has 2 atom stereocenters. The lowest BCUT2D eigenvalue weighted by Crippen LogP contribution is -2.55. The van der Waals surface area contributed by atoms with Gasteiger partial charge in [-0.25, -0.2) is 8.42 Å². The van der Waals surface area contributed by atoms with Gasteiger partial charge in [-0.2, -0.15) is 4.31 Å². The third-order valence-electron chi connectivity index (χ3n) is 4.23. The number of sulfonamides is 1. The minimum Gasteiger partial charge on any atom is -0.309 e. The highest BCUT2D eigenvalue weighted by Crippen LogP contribution is 2.27. The topological polar surface area (TPSA) is 49.4 Å². The van der Waals surface area contributed by atoms with Gasteiger partial charge in [-0.3, -0.25) is 0 Å². The second-order valence-electron chi connectivity index (χ2n) is 6.07. The largest absolute Gasteiger partial charge is 0.309 e. The number of hydrogen-bond donors (Lipinski definition) is 1. The summed E-state index contributed by atoms with van der Waals surface area (Å²) in [5.74, 6) is 0. The minimum atomic E-state index is -3.36. The van der Waals surface area contributed by atoms with E-state index in [1.165, 1.54) is 11.1 Å². The molecule has 1 saturated heterocycles. The van der Waals surface area contributed by atoms with E-state index in [0.29, 0.717) is 18.0 Å². The molecule has 2 unspecified atom stereocenters. The van der Waals surface area contributed by atoms with Crippen LogP contribution in [-0.4, -0.2) is 37.9 Å². The molecule has 0 bridgehead atoms. The van der Waals surface area contributed by atoms with Crippen molar-refractivity contribution in [3.63, 3.8) is 0 Å². The first kappa shape index (κ1) is 14.0. The van der Waals surface area contributed by atoms with Crippen molar-refractivity contribution >= 4 is 10.0 Å². The molecular weight excluding hydrogens is 272 g/mol. The van der Waals surface area contributed by atoms with Gasteiger partial charge in [0.05, 0.1) is 4.90 Å². The Morgan fingerprint density at radius 1 is 1.10 bits per heavy atom. The van der Waals surface area contributed by atoms with Crippen molar-refractivity contribution < 1.29 is 8.42 Å². The fraction of sp³-hybridized carbons (Fsp3) is 0.600. The van der Waals surface area contributed by atoms with E-state index >= 15 is 0 Å². The van der Waals surface area contributed by atoms with Gasteiger partial charge in [0.2, 0.25) is 10.0 Å². The fourth-order valence-electron chi connectivity index (χ4n) is 3.33. The Kier molecular flexibility index (Phi) is 3.60. The highest BCUT2D eigenvalue weighted by atomic mass is 32.2. The van der Waals surface area contributed by atoms with Gasteiger partial charge in [0.1, 0.15) is 0 Å². The van der Waals surface area contributed by atoms with Crippen LogP contribution in [0.2, 0.25) is 0 Å². The molecule has 0 radical (unpaired) electrons. The first-order valence-corrected chi connectivity index (χ1v) is 8.79. The molecule has 2 aliphatic rings. The van der Waals surface area contributed by atoms with Crippen LogP contribution in [0.4, 0.5) is 0 Å². The highest BCUT2D eigenvalue weighted by molar-refractivity contribution is 7.89. The number of piperazine rings is 1. The number of fused-ring (bicyclic) bond motifs is 1. The van der Waals surface area contributed by atoms with Gasteiger partial charge in [0.15, 0.2) is 0 Å². The van der Waals surface area contributed by atoms with E-state index in [1.807, 2.05) is 26.0 Å². The predicted molar refractivity (Wildman–Crippen MR) is 79.3 cm³/mol. The van der Waals surface area contributed by atoms with Crippen molar-refractivity contribution in [2.75, 3.05) is 13.1 Å². The van der Waals surface area contributed by atoms with E-state index < -0.39 is 10.0 Å². The van der Waals surface area contributed by atoms with Gasteiger partial charge in [-0.15, -0.1) is 0 Å². The van der Waals surface area contributed by atoms with E-state index in [0.717, 1.165) is 19.3 Å². The van der Waals surface area contributed by atoms with Crippen molar-refractivity contribution in [2.45, 2.75) is 50.1 Å². The smallest absolute Gasteiger partial charge is 0.243 e. The Bertz CT molecular complexity index is 602. The lowest BCUT2D eigenvalue weighted by Gasteiger charge is -2.35. The molecule has 5 heteroatoms. The normalized spacial score (nSPS) is 27.5. The molecule has 1 heterocycles. The van der Waals surface area contributed by atoms with Crippen LogP contribution in [-0.2, 0) is 22.9 Å². The Morgan fingerprint density at radius 2 is 1.75 bits per heavy atom. The number of aryl methyl sites for hydroxylation is 2. The van der Waals surface area contributed by atoms with Crippen LogP contribution in [0.1, 0.15) is 31.4 Å². The second-order valence-corrected chi connectivity index (χ2v) is 8.01. The second kappa shape index (κ2) is 5.13. The minimum absolute atomic E-state index is 0.197. The zero-order valence-electron chi connectivity index (χ0n) is 12.1. The maximum absolute atomic E-state index is 12.8. The summed E-state index contributed by atoms with van der Waals surface area (Å²) in [6.07, 6.45) is 3.23. The monoisotopic (exact) mass is 294 g/mol. The zero-order chi connectivity index (χ0) is 14.3. The maximum Gasteiger partial charge on any atom is 0.243 e. The molecule has 1 aromatic rings. The molecule has 0 amide bonds.